The van der Waals surface area contributed by atoms with Gasteiger partial charge in [-0.2, -0.15) is 0 Å². The van der Waals surface area contributed by atoms with Crippen molar-refractivity contribution in [3.63, 3.8) is 0 Å². The molecule has 0 aromatic carbocycles. The van der Waals surface area contributed by atoms with Crippen LogP contribution in [0.2, 0.25) is 4.34 Å². The molecule has 86 valence electrons. The van der Waals surface area contributed by atoms with Crippen molar-refractivity contribution < 1.29 is 5.11 Å². The third-order valence-corrected chi connectivity index (χ3v) is 4.60. The fraction of sp³-hybridized carbons (Fsp3) is 0.600. The van der Waals surface area contributed by atoms with Crippen molar-refractivity contribution in [2.45, 2.75) is 32.4 Å². The van der Waals surface area contributed by atoms with Crippen LogP contribution in [-0.2, 0) is 6.54 Å². The van der Waals surface area contributed by atoms with Gasteiger partial charge in [-0.25, -0.2) is 0 Å². The first-order valence-corrected chi connectivity index (χ1v) is 6.94. The molecule has 1 rings (SSSR count). The monoisotopic (exact) mass is 311 g/mol. The Labute approximate surface area is 108 Å². The Morgan fingerprint density at radius 2 is 2.40 bits per heavy atom. The Bertz CT molecular complexity index is 286. The maximum absolute atomic E-state index is 9.34. The summed E-state index contributed by atoms with van der Waals surface area (Å²) in [6, 6.07) is 2.02. The van der Waals surface area contributed by atoms with Crippen molar-refractivity contribution in [2.75, 3.05) is 6.54 Å². The topological polar surface area (TPSA) is 32.3 Å². The molecule has 0 amide bonds. The molecule has 1 atom stereocenters. The van der Waals surface area contributed by atoms with Crippen LogP contribution in [0.3, 0.4) is 0 Å². The lowest BCUT2D eigenvalue weighted by atomic mass is 10.2. The van der Waals surface area contributed by atoms with Crippen LogP contribution < -0.4 is 5.32 Å². The van der Waals surface area contributed by atoms with Crippen molar-refractivity contribution in [1.82, 2.24) is 5.32 Å². The summed E-state index contributed by atoms with van der Waals surface area (Å²) in [7, 11) is 0. The molecule has 15 heavy (non-hydrogen) atoms. The zero-order chi connectivity index (χ0) is 11.3. The van der Waals surface area contributed by atoms with Gasteiger partial charge >= 0.3 is 0 Å². The first-order chi connectivity index (χ1) is 7.13. The lowest BCUT2D eigenvalue weighted by Crippen LogP contribution is -2.19. The van der Waals surface area contributed by atoms with E-state index in [9.17, 15) is 5.11 Å². The normalized spacial score (nSPS) is 13.1. The predicted octanol–water partition coefficient (Wildman–Crippen LogP) is 3.41. The molecule has 2 N–H and O–H groups in total. The van der Waals surface area contributed by atoms with Gasteiger partial charge in [-0.05, 0) is 41.4 Å². The Balaban J connectivity index is 2.20. The van der Waals surface area contributed by atoms with E-state index in [0.717, 1.165) is 34.7 Å². The molecule has 0 radical (unpaired) electrons. The number of nitrogens with one attached hydrogen (secondary N) is 1. The van der Waals surface area contributed by atoms with Crippen molar-refractivity contribution in [1.29, 1.82) is 0 Å². The van der Waals surface area contributed by atoms with Gasteiger partial charge in [0.15, 0.2) is 0 Å². The summed E-state index contributed by atoms with van der Waals surface area (Å²) in [4.78, 5) is 1.21. The third kappa shape index (κ3) is 4.83. The summed E-state index contributed by atoms with van der Waals surface area (Å²) in [5.41, 5.74) is 0. The SMILES string of the molecule is CCC(O)CCNCc1cc(Br)c(Cl)s1. The quantitative estimate of drug-likeness (QED) is 0.789. The molecule has 5 heteroatoms. The zero-order valence-electron chi connectivity index (χ0n) is 8.59. The van der Waals surface area contributed by atoms with Crippen LogP contribution in [-0.4, -0.2) is 17.8 Å². The van der Waals surface area contributed by atoms with Gasteiger partial charge in [0.1, 0.15) is 4.34 Å². The summed E-state index contributed by atoms with van der Waals surface area (Å²) in [5, 5.41) is 12.6. The van der Waals surface area contributed by atoms with Gasteiger partial charge < -0.3 is 10.4 Å². The van der Waals surface area contributed by atoms with Gasteiger partial charge in [-0.15, -0.1) is 11.3 Å². The lowest BCUT2D eigenvalue weighted by molar-refractivity contribution is 0.160. The molecule has 1 unspecified atom stereocenters. The molecule has 0 aliphatic rings. The van der Waals surface area contributed by atoms with Crippen LogP contribution >= 0.6 is 38.9 Å². The van der Waals surface area contributed by atoms with Crippen LogP contribution in [0.4, 0.5) is 0 Å². The van der Waals surface area contributed by atoms with E-state index in [1.165, 1.54) is 4.88 Å². The second-order valence-electron chi connectivity index (χ2n) is 3.36. The molecule has 1 aromatic heterocycles. The predicted molar refractivity (Wildman–Crippen MR) is 69.7 cm³/mol. The summed E-state index contributed by atoms with van der Waals surface area (Å²) in [6.07, 6.45) is 1.44. The van der Waals surface area contributed by atoms with E-state index in [2.05, 4.69) is 21.2 Å². The van der Waals surface area contributed by atoms with E-state index in [1.54, 1.807) is 11.3 Å². The maximum atomic E-state index is 9.34. The Hall–Kier alpha value is 0.390. The van der Waals surface area contributed by atoms with Crippen molar-refractivity contribution in [3.05, 3.63) is 19.8 Å². The number of halogens is 2. The molecule has 0 aliphatic carbocycles. The van der Waals surface area contributed by atoms with Crippen molar-refractivity contribution in [3.8, 4) is 0 Å². The molecule has 0 saturated heterocycles. The zero-order valence-corrected chi connectivity index (χ0v) is 11.8. The van der Waals surface area contributed by atoms with Crippen LogP contribution in [0.1, 0.15) is 24.6 Å². The highest BCUT2D eigenvalue weighted by molar-refractivity contribution is 9.10. The molecule has 0 aliphatic heterocycles. The number of hydrogen-bond acceptors (Lipinski definition) is 3. The fourth-order valence-electron chi connectivity index (χ4n) is 1.16. The van der Waals surface area contributed by atoms with Crippen molar-refractivity contribution >= 4 is 38.9 Å². The molecule has 0 fully saturated rings. The smallest absolute Gasteiger partial charge is 0.107 e. The fourth-order valence-corrected chi connectivity index (χ4v) is 2.92. The Morgan fingerprint density at radius 1 is 1.67 bits per heavy atom. The highest BCUT2D eigenvalue weighted by atomic mass is 79.9. The minimum atomic E-state index is -0.184. The van der Waals surface area contributed by atoms with E-state index >= 15 is 0 Å². The number of rotatable bonds is 6. The second kappa shape index (κ2) is 6.86. The maximum Gasteiger partial charge on any atom is 0.107 e. The largest absolute Gasteiger partial charge is 0.393 e. The van der Waals surface area contributed by atoms with E-state index < -0.39 is 0 Å². The first-order valence-electron chi connectivity index (χ1n) is 4.96. The molecule has 0 bridgehead atoms. The molecule has 0 spiro atoms. The second-order valence-corrected chi connectivity index (χ2v) is 5.96. The molecular weight excluding hydrogens is 298 g/mol. The molecule has 1 aromatic rings. The van der Waals surface area contributed by atoms with Crippen LogP contribution in [0, 0.1) is 0 Å². The minimum Gasteiger partial charge on any atom is -0.393 e. The average molecular weight is 313 g/mol. The van der Waals surface area contributed by atoms with Gasteiger partial charge in [0, 0.05) is 15.9 Å². The third-order valence-electron chi connectivity index (χ3n) is 2.12. The summed E-state index contributed by atoms with van der Waals surface area (Å²) in [6.45, 7) is 3.63. The van der Waals surface area contributed by atoms with Crippen LogP contribution in [0.25, 0.3) is 0 Å². The van der Waals surface area contributed by atoms with E-state index in [-0.39, 0.29) is 6.10 Å². The molecule has 2 nitrogen and oxygen atoms in total. The summed E-state index contributed by atoms with van der Waals surface area (Å²) >= 11 is 10.9. The van der Waals surface area contributed by atoms with Gasteiger partial charge in [0.2, 0.25) is 0 Å². The van der Waals surface area contributed by atoms with Crippen molar-refractivity contribution in [2.24, 2.45) is 0 Å². The minimum absolute atomic E-state index is 0.184. The molecular formula is C10H15BrClNOS. The number of aliphatic hydroxyl groups is 1. The standard InChI is InChI=1S/C10H15BrClNOS/c1-2-7(14)3-4-13-6-8-5-9(11)10(12)15-8/h5,7,13-14H,2-4,6H2,1H3. The van der Waals surface area contributed by atoms with Gasteiger partial charge in [0.05, 0.1) is 6.10 Å². The Morgan fingerprint density at radius 3 is 2.93 bits per heavy atom. The van der Waals surface area contributed by atoms with Gasteiger partial charge in [0.25, 0.3) is 0 Å². The van der Waals surface area contributed by atoms with E-state index in [0.29, 0.717) is 0 Å². The number of aliphatic hydroxyl groups excluding tert-OH is 1. The summed E-state index contributed by atoms with van der Waals surface area (Å²) in [5.74, 6) is 0. The van der Waals surface area contributed by atoms with Crippen LogP contribution in [0.15, 0.2) is 10.5 Å². The number of thiophene rings is 1. The first kappa shape index (κ1) is 13.5. The molecule has 1 heterocycles. The summed E-state index contributed by atoms with van der Waals surface area (Å²) < 4.78 is 1.75. The molecule has 0 saturated carbocycles. The highest BCUT2D eigenvalue weighted by Gasteiger charge is 2.04. The van der Waals surface area contributed by atoms with E-state index in [4.69, 9.17) is 11.6 Å². The Kier molecular flexibility index (Phi) is 6.16. The highest BCUT2D eigenvalue weighted by Crippen LogP contribution is 2.31. The van der Waals surface area contributed by atoms with Gasteiger partial charge in [-0.3, -0.25) is 0 Å². The number of hydrogen-bond donors (Lipinski definition) is 2. The van der Waals surface area contributed by atoms with Crippen LogP contribution in [0.5, 0.6) is 0 Å². The average Bonchev–Trinajstić information content (AvgIpc) is 2.53. The van der Waals surface area contributed by atoms with Gasteiger partial charge in [-0.1, -0.05) is 18.5 Å². The lowest BCUT2D eigenvalue weighted by Gasteiger charge is -2.07. The van der Waals surface area contributed by atoms with E-state index in [1.807, 2.05) is 13.0 Å².